The molecule has 0 radical (unpaired) electrons. The quantitative estimate of drug-likeness (QED) is 0.178. The highest BCUT2D eigenvalue weighted by atomic mass is 16.5. The maximum Gasteiger partial charge on any atom is 0.328 e. The molecule has 2 fully saturated rings. The third-order valence-corrected chi connectivity index (χ3v) is 11.0. The smallest absolute Gasteiger partial charge is 0.328 e. The molecule has 2 aliphatic heterocycles. The fourth-order valence-corrected chi connectivity index (χ4v) is 7.89. The van der Waals surface area contributed by atoms with E-state index in [1.54, 1.807) is 41.8 Å². The highest BCUT2D eigenvalue weighted by Crippen LogP contribution is 2.35. The summed E-state index contributed by atoms with van der Waals surface area (Å²) in [5.74, 6) is 5.40. The minimum atomic E-state index is -0.471. The van der Waals surface area contributed by atoms with Gasteiger partial charge in [-0.15, -0.1) is 0 Å². The number of pyridine rings is 3. The lowest BCUT2D eigenvalue weighted by Crippen LogP contribution is -2.39. The first-order valence-electron chi connectivity index (χ1n) is 19.0. The Kier molecular flexibility index (Phi) is 9.29. The van der Waals surface area contributed by atoms with Gasteiger partial charge in [0.25, 0.3) is 5.91 Å². The number of piperidine rings is 1. The van der Waals surface area contributed by atoms with Gasteiger partial charge in [0.1, 0.15) is 16.8 Å². The minimum Gasteiger partial charge on any atom is -0.464 e. The summed E-state index contributed by atoms with van der Waals surface area (Å²) < 4.78 is 14.6. The standard InChI is InChI=1S/C44H38N8O6/c1-25-18-28(22-47-39(25)43(55)45-13-5-6-26-9-11-37-31(19-26)33(24-58-37)30-10-12-38(53)49-42(30)54)34-20-27-7-4-8-29(32(27)23-46-34)35-21-36-40(51(3)44(56)50(36)2)41(48-35)52-14-16-57-17-15-52/h4,7-9,11,18-24,30H,10,12-17H2,1-3H3,(H,45,55)(H,49,53,54). The molecule has 0 spiro atoms. The van der Waals surface area contributed by atoms with Crippen LogP contribution in [0, 0.1) is 18.8 Å². The summed E-state index contributed by atoms with van der Waals surface area (Å²) in [7, 11) is 3.56. The van der Waals surface area contributed by atoms with Gasteiger partial charge in [0.05, 0.1) is 48.8 Å². The second-order valence-electron chi connectivity index (χ2n) is 14.6. The number of aromatic nitrogens is 5. The molecule has 14 heteroatoms. The van der Waals surface area contributed by atoms with E-state index in [0.29, 0.717) is 55.1 Å². The molecule has 14 nitrogen and oxygen atoms in total. The Labute approximate surface area is 331 Å². The number of benzene rings is 2. The second-order valence-corrected chi connectivity index (χ2v) is 14.6. The average molecular weight is 775 g/mol. The van der Waals surface area contributed by atoms with Gasteiger partial charge in [-0.05, 0) is 60.7 Å². The van der Waals surface area contributed by atoms with Crippen LogP contribution in [0.2, 0.25) is 0 Å². The van der Waals surface area contributed by atoms with Crippen molar-refractivity contribution in [3.05, 3.63) is 106 Å². The number of imidazole rings is 1. The normalized spacial score (nSPS) is 15.8. The van der Waals surface area contributed by atoms with E-state index in [0.717, 1.165) is 55.4 Å². The molecular formula is C44H38N8O6. The number of carbonyl (C=O) groups excluding carboxylic acids is 3. The minimum absolute atomic E-state index is 0.0933. The first-order chi connectivity index (χ1) is 28.1. The molecular weight excluding hydrogens is 737 g/mol. The molecule has 3 amide bonds. The summed E-state index contributed by atoms with van der Waals surface area (Å²) in [5, 5.41) is 7.86. The zero-order valence-electron chi connectivity index (χ0n) is 32.1. The predicted octanol–water partition coefficient (Wildman–Crippen LogP) is 4.74. The van der Waals surface area contributed by atoms with Crippen molar-refractivity contribution < 1.29 is 23.5 Å². The lowest BCUT2D eigenvalue weighted by Gasteiger charge is -2.29. The molecule has 2 N–H and O–H groups in total. The number of fused-ring (bicyclic) bond motifs is 3. The SMILES string of the molecule is Cc1cc(-c2cc3cccc(-c4cc5c(c(N6CCOCC6)n4)n(C)c(=O)n5C)c3cn2)cnc1C(=O)NCC#Cc1ccc2occ(C3CCC(=O)NC3=O)c2c1. The number of ether oxygens (including phenoxy) is 1. The largest absolute Gasteiger partial charge is 0.464 e. The van der Waals surface area contributed by atoms with E-state index in [4.69, 9.17) is 19.1 Å². The van der Waals surface area contributed by atoms with Crippen molar-refractivity contribution in [1.82, 2.24) is 34.7 Å². The van der Waals surface area contributed by atoms with Crippen LogP contribution in [0.15, 0.2) is 82.5 Å². The van der Waals surface area contributed by atoms with Crippen LogP contribution in [-0.4, -0.2) is 74.7 Å². The van der Waals surface area contributed by atoms with Gasteiger partial charge >= 0.3 is 5.69 Å². The first kappa shape index (κ1) is 36.5. The summed E-state index contributed by atoms with van der Waals surface area (Å²) in [6.45, 7) is 4.47. The van der Waals surface area contributed by atoms with Crippen LogP contribution in [0.3, 0.4) is 0 Å². The Hall–Kier alpha value is -7.11. The summed E-state index contributed by atoms with van der Waals surface area (Å²) in [4.78, 5) is 66.9. The molecule has 2 saturated heterocycles. The number of amides is 3. The van der Waals surface area contributed by atoms with Crippen molar-refractivity contribution in [2.45, 2.75) is 25.7 Å². The summed E-state index contributed by atoms with van der Waals surface area (Å²) in [6.07, 6.45) is 5.73. The average Bonchev–Trinajstić information content (AvgIpc) is 3.75. The number of anilines is 1. The fourth-order valence-electron chi connectivity index (χ4n) is 7.89. The molecule has 7 heterocycles. The Bertz CT molecular complexity index is 2960. The molecule has 2 aromatic carbocycles. The number of rotatable bonds is 6. The third-order valence-electron chi connectivity index (χ3n) is 11.0. The van der Waals surface area contributed by atoms with Gasteiger partial charge in [-0.25, -0.2) is 9.78 Å². The van der Waals surface area contributed by atoms with Crippen LogP contribution in [0.4, 0.5) is 5.82 Å². The summed E-state index contributed by atoms with van der Waals surface area (Å²) >= 11 is 0. The van der Waals surface area contributed by atoms with Crippen molar-refractivity contribution in [2.75, 3.05) is 37.7 Å². The molecule has 1 unspecified atom stereocenters. The first-order valence-corrected chi connectivity index (χ1v) is 19.0. The second kappa shape index (κ2) is 14.8. The highest BCUT2D eigenvalue weighted by molar-refractivity contribution is 6.03. The van der Waals surface area contributed by atoms with Gasteiger partial charge in [0, 0.05) is 79.0 Å². The predicted molar refractivity (Wildman–Crippen MR) is 218 cm³/mol. The number of morpholine rings is 1. The molecule has 2 aliphatic rings. The molecule has 58 heavy (non-hydrogen) atoms. The van der Waals surface area contributed by atoms with Gasteiger partial charge in [-0.2, -0.15) is 0 Å². The topological polar surface area (TPSA) is 166 Å². The maximum absolute atomic E-state index is 13.2. The van der Waals surface area contributed by atoms with Crippen LogP contribution in [0.25, 0.3) is 55.3 Å². The highest BCUT2D eigenvalue weighted by Gasteiger charge is 2.30. The molecule has 9 rings (SSSR count). The third kappa shape index (κ3) is 6.54. The zero-order chi connectivity index (χ0) is 40.1. The molecule has 1 atom stereocenters. The molecule has 7 aromatic rings. The number of aryl methyl sites for hydroxylation is 3. The molecule has 290 valence electrons. The van der Waals surface area contributed by atoms with E-state index in [9.17, 15) is 19.2 Å². The van der Waals surface area contributed by atoms with Gasteiger partial charge in [0.15, 0.2) is 5.82 Å². The Morgan fingerprint density at radius 3 is 2.62 bits per heavy atom. The molecule has 5 aromatic heterocycles. The summed E-state index contributed by atoms with van der Waals surface area (Å²) in [6, 6.07) is 17.3. The van der Waals surface area contributed by atoms with Crippen LogP contribution < -0.4 is 21.2 Å². The van der Waals surface area contributed by atoms with Gasteiger partial charge in [-0.1, -0.05) is 30.0 Å². The van der Waals surface area contributed by atoms with Gasteiger partial charge in [0.2, 0.25) is 11.8 Å². The Balaban J connectivity index is 0.924. The van der Waals surface area contributed by atoms with Crippen molar-refractivity contribution >= 4 is 56.3 Å². The van der Waals surface area contributed by atoms with Crippen molar-refractivity contribution in [3.8, 4) is 34.4 Å². The van der Waals surface area contributed by atoms with Crippen LogP contribution in [0.1, 0.15) is 45.9 Å². The number of carbonyl (C=O) groups is 3. The lowest BCUT2D eigenvalue weighted by atomic mass is 9.90. The van der Waals surface area contributed by atoms with Crippen LogP contribution in [-0.2, 0) is 28.4 Å². The van der Waals surface area contributed by atoms with Crippen LogP contribution in [0.5, 0.6) is 0 Å². The van der Waals surface area contributed by atoms with Crippen molar-refractivity contribution in [1.29, 1.82) is 0 Å². The van der Waals surface area contributed by atoms with Gasteiger partial charge in [-0.3, -0.25) is 38.8 Å². The van der Waals surface area contributed by atoms with E-state index < -0.39 is 5.92 Å². The number of hydrogen-bond acceptors (Lipinski definition) is 10. The monoisotopic (exact) mass is 774 g/mol. The van der Waals surface area contributed by atoms with E-state index in [1.165, 1.54) is 0 Å². The number of nitrogens with one attached hydrogen (secondary N) is 2. The number of hydrogen-bond donors (Lipinski definition) is 2. The zero-order valence-corrected chi connectivity index (χ0v) is 32.1. The van der Waals surface area contributed by atoms with Crippen molar-refractivity contribution in [2.24, 2.45) is 14.1 Å². The number of imide groups is 1. The van der Waals surface area contributed by atoms with Crippen molar-refractivity contribution in [3.63, 3.8) is 0 Å². The molecule has 0 saturated carbocycles. The van der Waals surface area contributed by atoms with Gasteiger partial charge < -0.3 is 19.4 Å². The lowest BCUT2D eigenvalue weighted by molar-refractivity contribution is -0.134. The maximum atomic E-state index is 13.2. The summed E-state index contributed by atoms with van der Waals surface area (Å²) in [5.41, 5.74) is 7.60. The Morgan fingerprint density at radius 1 is 0.966 bits per heavy atom. The fraction of sp³-hybridized carbons (Fsp3) is 0.250. The number of furan rings is 1. The van der Waals surface area contributed by atoms with E-state index in [-0.39, 0.29) is 42.1 Å². The van der Waals surface area contributed by atoms with E-state index in [1.807, 2.05) is 61.7 Å². The van der Waals surface area contributed by atoms with E-state index >= 15 is 0 Å². The number of nitrogens with zero attached hydrogens (tertiary/aromatic N) is 6. The molecule has 0 aliphatic carbocycles. The Morgan fingerprint density at radius 2 is 1.81 bits per heavy atom. The molecule has 0 bridgehead atoms. The van der Waals surface area contributed by atoms with Crippen LogP contribution >= 0.6 is 0 Å². The van der Waals surface area contributed by atoms with E-state index in [2.05, 4.69) is 32.4 Å².